The van der Waals surface area contributed by atoms with Crippen LogP contribution < -0.4 is 9.47 Å². The highest BCUT2D eigenvalue weighted by Crippen LogP contribution is 2.34. The molecule has 20 heavy (non-hydrogen) atoms. The molecule has 0 radical (unpaired) electrons. The predicted octanol–water partition coefficient (Wildman–Crippen LogP) is 2.71. The maximum absolute atomic E-state index is 13.9. The van der Waals surface area contributed by atoms with E-state index in [0.717, 1.165) is 6.07 Å². The van der Waals surface area contributed by atoms with Gasteiger partial charge in [-0.05, 0) is 18.2 Å². The molecule has 100 valence electrons. The van der Waals surface area contributed by atoms with E-state index >= 15 is 0 Å². The molecule has 0 atom stereocenters. The zero-order chi connectivity index (χ0) is 14.5. The Labute approximate surface area is 114 Å². The van der Waals surface area contributed by atoms with Crippen molar-refractivity contribution in [3.8, 4) is 23.4 Å². The van der Waals surface area contributed by atoms with Gasteiger partial charge in [-0.3, -0.25) is 4.79 Å². The highest BCUT2D eigenvalue weighted by atomic mass is 19.1. The van der Waals surface area contributed by atoms with Gasteiger partial charge in [0.15, 0.2) is 11.6 Å². The first-order chi connectivity index (χ1) is 9.67. The van der Waals surface area contributed by atoms with Crippen LogP contribution in [-0.4, -0.2) is 18.4 Å². The second-order valence-electron chi connectivity index (χ2n) is 3.75. The SMILES string of the molecule is COc1cc(C=O)cc(F)c1Oc1ccc(C#N)cn1. The van der Waals surface area contributed by atoms with E-state index in [1.54, 1.807) is 0 Å². The number of nitriles is 1. The number of carbonyl (C=O) groups excluding carboxylic acids is 1. The first-order valence-corrected chi connectivity index (χ1v) is 5.54. The Bertz CT molecular complexity index is 678. The minimum absolute atomic E-state index is 0.0817. The Balaban J connectivity index is 2.37. The number of rotatable bonds is 4. The smallest absolute Gasteiger partial charge is 0.219 e. The lowest BCUT2D eigenvalue weighted by Crippen LogP contribution is -1.97. The fourth-order valence-corrected chi connectivity index (χ4v) is 1.52. The molecular weight excluding hydrogens is 263 g/mol. The molecule has 0 amide bonds. The molecule has 0 N–H and O–H groups in total. The minimum Gasteiger partial charge on any atom is -0.493 e. The average Bonchev–Trinajstić information content (AvgIpc) is 2.49. The van der Waals surface area contributed by atoms with Crippen molar-refractivity contribution in [2.45, 2.75) is 0 Å². The van der Waals surface area contributed by atoms with Gasteiger partial charge in [0, 0.05) is 17.8 Å². The Hall–Kier alpha value is -2.94. The van der Waals surface area contributed by atoms with E-state index in [0.29, 0.717) is 11.8 Å². The molecule has 0 bridgehead atoms. The molecule has 0 saturated carbocycles. The highest BCUT2D eigenvalue weighted by Gasteiger charge is 2.14. The van der Waals surface area contributed by atoms with Crippen molar-refractivity contribution in [1.82, 2.24) is 4.98 Å². The van der Waals surface area contributed by atoms with E-state index in [2.05, 4.69) is 4.98 Å². The third-order valence-electron chi connectivity index (χ3n) is 2.46. The molecule has 0 fully saturated rings. The van der Waals surface area contributed by atoms with Gasteiger partial charge in [0.05, 0.1) is 12.7 Å². The number of benzene rings is 1. The van der Waals surface area contributed by atoms with Crippen molar-refractivity contribution in [2.75, 3.05) is 7.11 Å². The lowest BCUT2D eigenvalue weighted by molar-refractivity contribution is 0.112. The summed E-state index contributed by atoms with van der Waals surface area (Å²) in [6.07, 6.45) is 1.81. The summed E-state index contributed by atoms with van der Waals surface area (Å²) in [5, 5.41) is 8.66. The molecule has 2 aromatic rings. The summed E-state index contributed by atoms with van der Waals surface area (Å²) in [6, 6.07) is 7.23. The highest BCUT2D eigenvalue weighted by molar-refractivity contribution is 5.76. The third kappa shape index (κ3) is 2.72. The van der Waals surface area contributed by atoms with E-state index < -0.39 is 5.82 Å². The van der Waals surface area contributed by atoms with Crippen molar-refractivity contribution in [1.29, 1.82) is 5.26 Å². The maximum atomic E-state index is 13.9. The Kier molecular flexibility index (Phi) is 3.91. The second kappa shape index (κ2) is 5.80. The van der Waals surface area contributed by atoms with Crippen molar-refractivity contribution in [2.24, 2.45) is 0 Å². The van der Waals surface area contributed by atoms with E-state index in [1.165, 1.54) is 31.5 Å². The van der Waals surface area contributed by atoms with Gasteiger partial charge in [-0.25, -0.2) is 9.37 Å². The van der Waals surface area contributed by atoms with Gasteiger partial charge in [-0.15, -0.1) is 0 Å². The number of aromatic nitrogens is 1. The van der Waals surface area contributed by atoms with Crippen LogP contribution in [0, 0.1) is 17.1 Å². The zero-order valence-corrected chi connectivity index (χ0v) is 10.5. The third-order valence-corrected chi connectivity index (χ3v) is 2.46. The lowest BCUT2D eigenvalue weighted by Gasteiger charge is -2.11. The van der Waals surface area contributed by atoms with Crippen molar-refractivity contribution in [3.63, 3.8) is 0 Å². The van der Waals surface area contributed by atoms with Crippen molar-refractivity contribution in [3.05, 3.63) is 47.4 Å². The van der Waals surface area contributed by atoms with Crippen LogP contribution in [0.1, 0.15) is 15.9 Å². The molecule has 1 heterocycles. The largest absolute Gasteiger partial charge is 0.493 e. The number of hydrogen-bond acceptors (Lipinski definition) is 5. The fraction of sp³-hybridized carbons (Fsp3) is 0.0714. The summed E-state index contributed by atoms with van der Waals surface area (Å²) in [5.41, 5.74) is 0.501. The van der Waals surface area contributed by atoms with Crippen LogP contribution in [0.25, 0.3) is 0 Å². The van der Waals surface area contributed by atoms with Crippen LogP contribution >= 0.6 is 0 Å². The average molecular weight is 272 g/mol. The van der Waals surface area contributed by atoms with Gasteiger partial charge in [0.2, 0.25) is 11.6 Å². The summed E-state index contributed by atoms with van der Waals surface area (Å²) in [6.45, 7) is 0. The van der Waals surface area contributed by atoms with Crippen LogP contribution in [0.4, 0.5) is 4.39 Å². The van der Waals surface area contributed by atoms with Gasteiger partial charge in [0.25, 0.3) is 0 Å². The molecular formula is C14H9FN2O3. The van der Waals surface area contributed by atoms with Gasteiger partial charge >= 0.3 is 0 Å². The molecule has 0 aliphatic carbocycles. The first-order valence-electron chi connectivity index (χ1n) is 5.54. The molecule has 1 aromatic heterocycles. The predicted molar refractivity (Wildman–Crippen MR) is 67.4 cm³/mol. The van der Waals surface area contributed by atoms with Crippen LogP contribution in [0.5, 0.6) is 17.4 Å². The van der Waals surface area contributed by atoms with E-state index in [1.807, 2.05) is 6.07 Å². The Morgan fingerprint density at radius 2 is 2.20 bits per heavy atom. The van der Waals surface area contributed by atoms with Crippen molar-refractivity contribution >= 4 is 6.29 Å². The zero-order valence-electron chi connectivity index (χ0n) is 10.5. The van der Waals surface area contributed by atoms with E-state index in [-0.39, 0.29) is 22.9 Å². The standard InChI is InChI=1S/C14H9FN2O3/c1-19-12-5-10(8-18)4-11(15)14(12)20-13-3-2-9(6-16)7-17-13/h2-5,7-8H,1H3. The second-order valence-corrected chi connectivity index (χ2v) is 3.75. The van der Waals surface area contributed by atoms with E-state index in [4.69, 9.17) is 14.7 Å². The van der Waals surface area contributed by atoms with Gasteiger partial charge in [0.1, 0.15) is 12.4 Å². The monoisotopic (exact) mass is 272 g/mol. The lowest BCUT2D eigenvalue weighted by atomic mass is 10.2. The molecule has 2 rings (SSSR count). The summed E-state index contributed by atoms with van der Waals surface area (Å²) >= 11 is 0. The van der Waals surface area contributed by atoms with Crippen LogP contribution in [0.15, 0.2) is 30.5 Å². The number of halogens is 1. The van der Waals surface area contributed by atoms with E-state index in [9.17, 15) is 9.18 Å². The van der Waals surface area contributed by atoms with Gasteiger partial charge < -0.3 is 9.47 Å². The maximum Gasteiger partial charge on any atom is 0.219 e. The number of ether oxygens (including phenoxy) is 2. The van der Waals surface area contributed by atoms with Crippen molar-refractivity contribution < 1.29 is 18.7 Å². The summed E-state index contributed by atoms with van der Waals surface area (Å²) in [7, 11) is 1.34. The number of aldehydes is 1. The fourth-order valence-electron chi connectivity index (χ4n) is 1.52. The molecule has 1 aromatic carbocycles. The quantitative estimate of drug-likeness (QED) is 0.800. The number of carbonyl (C=O) groups is 1. The normalized spacial score (nSPS) is 9.65. The van der Waals surface area contributed by atoms with Crippen LogP contribution in [-0.2, 0) is 0 Å². The number of pyridine rings is 1. The summed E-state index contributed by atoms with van der Waals surface area (Å²) in [5.74, 6) is -0.716. The Morgan fingerprint density at radius 1 is 1.40 bits per heavy atom. The van der Waals surface area contributed by atoms with Gasteiger partial charge in [-0.1, -0.05) is 0 Å². The molecule has 0 unspecified atom stereocenters. The first kappa shape index (κ1) is 13.5. The van der Waals surface area contributed by atoms with Crippen LogP contribution in [0.2, 0.25) is 0 Å². The summed E-state index contributed by atoms with van der Waals surface area (Å²) < 4.78 is 24.1. The summed E-state index contributed by atoms with van der Waals surface area (Å²) in [4.78, 5) is 14.5. The molecule has 0 aliphatic rings. The topological polar surface area (TPSA) is 72.2 Å². The molecule has 5 nitrogen and oxygen atoms in total. The molecule has 6 heteroatoms. The molecule has 0 spiro atoms. The molecule has 0 saturated heterocycles. The number of methoxy groups -OCH3 is 1. The number of nitrogens with zero attached hydrogens (tertiary/aromatic N) is 2. The van der Waals surface area contributed by atoms with Crippen LogP contribution in [0.3, 0.4) is 0 Å². The number of hydrogen-bond donors (Lipinski definition) is 0. The minimum atomic E-state index is -0.738. The molecule has 0 aliphatic heterocycles. The Morgan fingerprint density at radius 3 is 2.75 bits per heavy atom. The van der Waals surface area contributed by atoms with Gasteiger partial charge in [-0.2, -0.15) is 5.26 Å².